The van der Waals surface area contributed by atoms with E-state index in [1.807, 2.05) is 18.2 Å². The van der Waals surface area contributed by atoms with Crippen LogP contribution >= 0.6 is 0 Å². The number of nitrogens with zero attached hydrogens (tertiary/aromatic N) is 3. The molecule has 0 bridgehead atoms. The van der Waals surface area contributed by atoms with Crippen LogP contribution in [-0.2, 0) is 0 Å². The van der Waals surface area contributed by atoms with Gasteiger partial charge in [0.25, 0.3) is 0 Å². The van der Waals surface area contributed by atoms with Gasteiger partial charge in [0.15, 0.2) is 0 Å². The number of benzene rings is 1. The summed E-state index contributed by atoms with van der Waals surface area (Å²) in [5.41, 5.74) is 1.60. The highest BCUT2D eigenvalue weighted by molar-refractivity contribution is 5.55. The van der Waals surface area contributed by atoms with Crippen LogP contribution in [-0.4, -0.2) is 38.1 Å². The first-order valence-electron chi connectivity index (χ1n) is 5.16. The molecule has 0 spiro atoms. The van der Waals surface area contributed by atoms with Crippen molar-refractivity contribution in [3.8, 4) is 0 Å². The van der Waals surface area contributed by atoms with Gasteiger partial charge in [0.1, 0.15) is 5.69 Å². The molecule has 1 aliphatic rings. The van der Waals surface area contributed by atoms with Crippen LogP contribution in [0.2, 0.25) is 0 Å². The minimum absolute atomic E-state index is 0.506. The fraction of sp³-hybridized carbons (Fsp3) is 0.455. The van der Waals surface area contributed by atoms with Crippen LogP contribution in [0.25, 0.3) is 0 Å². The largest absolute Gasteiger partial charge is 0.369 e. The summed E-state index contributed by atoms with van der Waals surface area (Å²) in [6, 6.07) is 7.48. The van der Waals surface area contributed by atoms with Crippen molar-refractivity contribution in [2.45, 2.75) is 0 Å². The molecule has 0 amide bonds. The SMILES string of the molecule is CN1CCN(c2cccc(N=O)c2)CC1. The smallest absolute Gasteiger partial charge is 0.110 e. The van der Waals surface area contributed by atoms with Gasteiger partial charge in [-0.15, -0.1) is 4.91 Å². The molecule has 4 nitrogen and oxygen atoms in total. The van der Waals surface area contributed by atoms with Crippen molar-refractivity contribution in [1.82, 2.24) is 4.90 Å². The molecule has 1 aromatic rings. The lowest BCUT2D eigenvalue weighted by molar-refractivity contribution is 0.313. The zero-order valence-corrected chi connectivity index (χ0v) is 8.89. The minimum atomic E-state index is 0.506. The molecule has 1 fully saturated rings. The number of hydrogen-bond acceptors (Lipinski definition) is 4. The highest BCUT2D eigenvalue weighted by Crippen LogP contribution is 2.22. The van der Waals surface area contributed by atoms with E-state index in [0.29, 0.717) is 5.69 Å². The van der Waals surface area contributed by atoms with Crippen molar-refractivity contribution in [2.75, 3.05) is 38.1 Å². The lowest BCUT2D eigenvalue weighted by atomic mass is 10.2. The van der Waals surface area contributed by atoms with Crippen LogP contribution < -0.4 is 4.90 Å². The number of rotatable bonds is 2. The molecule has 0 unspecified atom stereocenters. The monoisotopic (exact) mass is 205 g/mol. The Morgan fingerprint density at radius 2 is 1.93 bits per heavy atom. The molecule has 1 saturated heterocycles. The maximum Gasteiger partial charge on any atom is 0.110 e. The van der Waals surface area contributed by atoms with Gasteiger partial charge < -0.3 is 9.80 Å². The molecule has 0 aliphatic carbocycles. The average Bonchev–Trinajstić information content (AvgIpc) is 2.30. The van der Waals surface area contributed by atoms with Gasteiger partial charge in [-0.25, -0.2) is 0 Å². The van der Waals surface area contributed by atoms with E-state index < -0.39 is 0 Å². The molecule has 1 aromatic carbocycles. The van der Waals surface area contributed by atoms with Crippen molar-refractivity contribution in [3.05, 3.63) is 29.2 Å². The summed E-state index contributed by atoms with van der Waals surface area (Å²) in [7, 11) is 2.13. The van der Waals surface area contributed by atoms with Gasteiger partial charge in [-0.05, 0) is 30.4 Å². The first-order chi connectivity index (χ1) is 7.29. The average molecular weight is 205 g/mol. The van der Waals surface area contributed by atoms with Gasteiger partial charge >= 0.3 is 0 Å². The number of nitroso groups, excluding NO2 is 1. The van der Waals surface area contributed by atoms with Gasteiger partial charge in [0.05, 0.1) is 0 Å². The zero-order valence-electron chi connectivity index (χ0n) is 8.89. The Balaban J connectivity index is 2.11. The fourth-order valence-electron chi connectivity index (χ4n) is 1.81. The van der Waals surface area contributed by atoms with Crippen LogP contribution in [0.3, 0.4) is 0 Å². The van der Waals surface area contributed by atoms with Gasteiger partial charge in [0, 0.05) is 31.9 Å². The maximum absolute atomic E-state index is 10.4. The minimum Gasteiger partial charge on any atom is -0.369 e. The Hall–Kier alpha value is -1.42. The predicted octanol–water partition coefficient (Wildman–Crippen LogP) is 1.84. The van der Waals surface area contributed by atoms with Crippen molar-refractivity contribution < 1.29 is 0 Å². The molecule has 80 valence electrons. The third-order valence-corrected chi connectivity index (χ3v) is 2.80. The highest BCUT2D eigenvalue weighted by Gasteiger charge is 2.14. The van der Waals surface area contributed by atoms with Crippen molar-refractivity contribution in [2.24, 2.45) is 5.18 Å². The summed E-state index contributed by atoms with van der Waals surface area (Å²) in [5, 5.41) is 2.95. The second-order valence-corrected chi connectivity index (χ2v) is 3.90. The van der Waals surface area contributed by atoms with Crippen LogP contribution in [0, 0.1) is 4.91 Å². The first-order valence-corrected chi connectivity index (χ1v) is 5.16. The van der Waals surface area contributed by atoms with E-state index >= 15 is 0 Å². The number of likely N-dealkylation sites (N-methyl/N-ethyl adjacent to an activating group) is 1. The third kappa shape index (κ3) is 2.33. The molecule has 15 heavy (non-hydrogen) atoms. The van der Waals surface area contributed by atoms with Gasteiger partial charge in [-0.2, -0.15) is 0 Å². The van der Waals surface area contributed by atoms with Gasteiger partial charge in [-0.3, -0.25) is 0 Å². The summed E-state index contributed by atoms with van der Waals surface area (Å²) in [6.07, 6.45) is 0. The Bertz CT molecular complexity index is 345. The summed E-state index contributed by atoms with van der Waals surface area (Å²) >= 11 is 0. The molecule has 0 atom stereocenters. The molecular formula is C11H15N3O. The fourth-order valence-corrected chi connectivity index (χ4v) is 1.81. The van der Waals surface area contributed by atoms with E-state index in [2.05, 4.69) is 22.0 Å². The Kier molecular flexibility index (Phi) is 2.97. The van der Waals surface area contributed by atoms with E-state index in [1.165, 1.54) is 0 Å². The van der Waals surface area contributed by atoms with Gasteiger partial charge in [0.2, 0.25) is 0 Å². The van der Waals surface area contributed by atoms with E-state index in [9.17, 15) is 4.91 Å². The Morgan fingerprint density at radius 3 is 2.60 bits per heavy atom. The van der Waals surface area contributed by atoms with Crippen molar-refractivity contribution in [3.63, 3.8) is 0 Å². The van der Waals surface area contributed by atoms with Crippen molar-refractivity contribution in [1.29, 1.82) is 0 Å². The van der Waals surface area contributed by atoms with E-state index in [0.717, 1.165) is 31.9 Å². The normalized spacial score (nSPS) is 17.8. The standard InChI is InChI=1S/C11H15N3O/c1-13-5-7-14(8-6-13)11-4-2-3-10(9-11)12-15/h2-4,9H,5-8H2,1H3. The number of hydrogen-bond donors (Lipinski definition) is 0. The highest BCUT2D eigenvalue weighted by atomic mass is 16.3. The van der Waals surface area contributed by atoms with Gasteiger partial charge in [-0.1, -0.05) is 6.07 Å². The van der Waals surface area contributed by atoms with E-state index in [1.54, 1.807) is 6.07 Å². The predicted molar refractivity (Wildman–Crippen MR) is 61.6 cm³/mol. The topological polar surface area (TPSA) is 35.9 Å². The molecule has 0 radical (unpaired) electrons. The molecule has 2 rings (SSSR count). The first kappa shape index (κ1) is 10.1. The van der Waals surface area contributed by atoms with Crippen LogP contribution in [0.4, 0.5) is 11.4 Å². The molecule has 0 aromatic heterocycles. The number of anilines is 1. The molecule has 1 aliphatic heterocycles. The lowest BCUT2D eigenvalue weighted by Gasteiger charge is -2.34. The quantitative estimate of drug-likeness (QED) is 0.691. The molecular weight excluding hydrogens is 190 g/mol. The summed E-state index contributed by atoms with van der Waals surface area (Å²) in [5.74, 6) is 0. The summed E-state index contributed by atoms with van der Waals surface area (Å²) in [6.45, 7) is 4.16. The van der Waals surface area contributed by atoms with Crippen LogP contribution in [0.1, 0.15) is 0 Å². The number of piperazine rings is 1. The lowest BCUT2D eigenvalue weighted by Crippen LogP contribution is -2.44. The maximum atomic E-state index is 10.4. The molecule has 0 N–H and O–H groups in total. The second kappa shape index (κ2) is 4.40. The van der Waals surface area contributed by atoms with Crippen LogP contribution in [0.5, 0.6) is 0 Å². The third-order valence-electron chi connectivity index (χ3n) is 2.80. The van der Waals surface area contributed by atoms with E-state index in [-0.39, 0.29) is 0 Å². The molecule has 0 saturated carbocycles. The Labute approximate surface area is 89.5 Å². The summed E-state index contributed by atoms with van der Waals surface area (Å²) < 4.78 is 0. The van der Waals surface area contributed by atoms with Crippen molar-refractivity contribution >= 4 is 11.4 Å². The summed E-state index contributed by atoms with van der Waals surface area (Å²) in [4.78, 5) is 15.0. The Morgan fingerprint density at radius 1 is 1.20 bits per heavy atom. The zero-order chi connectivity index (χ0) is 10.7. The molecule has 4 heteroatoms. The molecule has 1 heterocycles. The van der Waals surface area contributed by atoms with E-state index in [4.69, 9.17) is 0 Å². The second-order valence-electron chi connectivity index (χ2n) is 3.90. The van der Waals surface area contributed by atoms with Crippen LogP contribution in [0.15, 0.2) is 29.4 Å².